The maximum Gasteiger partial charge on any atom is 0.271 e. The molecular formula is C13H10IN5O2. The van der Waals surface area contributed by atoms with Crippen LogP contribution in [0.3, 0.4) is 0 Å². The Balaban J connectivity index is 2.27. The molecular weight excluding hydrogens is 385 g/mol. The second kappa shape index (κ2) is 6.36. The van der Waals surface area contributed by atoms with Gasteiger partial charge in [0.05, 0.1) is 20.9 Å². The molecule has 3 N–H and O–H groups in total. The quantitative estimate of drug-likeness (QED) is 0.604. The lowest BCUT2D eigenvalue weighted by Gasteiger charge is -2.09. The summed E-state index contributed by atoms with van der Waals surface area (Å²) in [6.45, 7) is 0. The highest BCUT2D eigenvalue weighted by molar-refractivity contribution is 14.1. The standard InChI is InChI=1S/C13H10IN5O2/c1-17-13(20)10-2-3-11(19-18-10)21-12-8(14)4-7(6-15)5-9(12)16/h2-5H,16H2,1H3,(H,17,20). The number of halogens is 1. The minimum atomic E-state index is -0.332. The molecule has 2 aromatic rings. The molecule has 0 saturated heterocycles. The van der Waals surface area contributed by atoms with Crippen molar-refractivity contribution in [3.63, 3.8) is 0 Å². The van der Waals surface area contributed by atoms with Crippen LogP contribution < -0.4 is 15.8 Å². The number of ether oxygens (including phenoxy) is 1. The SMILES string of the molecule is CNC(=O)c1ccc(Oc2c(N)cc(C#N)cc2I)nn1. The third-order valence-corrected chi connectivity index (χ3v) is 3.31. The van der Waals surface area contributed by atoms with Crippen molar-refractivity contribution >= 4 is 34.2 Å². The molecule has 21 heavy (non-hydrogen) atoms. The van der Waals surface area contributed by atoms with Crippen LogP contribution in [0.15, 0.2) is 24.3 Å². The fourth-order valence-electron chi connectivity index (χ4n) is 1.52. The van der Waals surface area contributed by atoms with Crippen LogP contribution in [0.1, 0.15) is 16.1 Å². The van der Waals surface area contributed by atoms with E-state index in [0.29, 0.717) is 20.6 Å². The first-order valence-corrected chi connectivity index (χ1v) is 6.85. The lowest BCUT2D eigenvalue weighted by molar-refractivity contribution is 0.0957. The fraction of sp³-hybridized carbons (Fsp3) is 0.0769. The number of nitrogens with two attached hydrogens (primary N) is 1. The molecule has 8 heteroatoms. The molecule has 2 rings (SSSR count). The van der Waals surface area contributed by atoms with Crippen LogP contribution >= 0.6 is 22.6 Å². The highest BCUT2D eigenvalue weighted by Crippen LogP contribution is 2.32. The van der Waals surface area contributed by atoms with Crippen molar-refractivity contribution in [2.75, 3.05) is 12.8 Å². The van der Waals surface area contributed by atoms with E-state index in [1.165, 1.54) is 25.2 Å². The van der Waals surface area contributed by atoms with Gasteiger partial charge in [0, 0.05) is 13.1 Å². The molecule has 0 fully saturated rings. The molecule has 0 aliphatic rings. The van der Waals surface area contributed by atoms with E-state index in [0.717, 1.165) is 0 Å². The Kier molecular flexibility index (Phi) is 4.54. The zero-order valence-electron chi connectivity index (χ0n) is 10.9. The number of hydrogen-bond acceptors (Lipinski definition) is 6. The molecule has 1 aromatic heterocycles. The van der Waals surface area contributed by atoms with Gasteiger partial charge in [-0.2, -0.15) is 5.26 Å². The van der Waals surface area contributed by atoms with Crippen LogP contribution in [0.5, 0.6) is 11.6 Å². The van der Waals surface area contributed by atoms with E-state index in [-0.39, 0.29) is 17.5 Å². The second-order valence-corrected chi connectivity index (χ2v) is 5.09. The van der Waals surface area contributed by atoms with E-state index in [9.17, 15) is 4.79 Å². The molecule has 0 bridgehead atoms. The van der Waals surface area contributed by atoms with Gasteiger partial charge in [0.25, 0.3) is 5.91 Å². The number of amides is 1. The number of benzene rings is 1. The van der Waals surface area contributed by atoms with Crippen LogP contribution in [0.2, 0.25) is 0 Å². The molecule has 0 radical (unpaired) electrons. The molecule has 106 valence electrons. The predicted octanol–water partition coefficient (Wildman–Crippen LogP) is 1.69. The van der Waals surface area contributed by atoms with Gasteiger partial charge < -0.3 is 15.8 Å². The van der Waals surface area contributed by atoms with Crippen LogP contribution in [-0.4, -0.2) is 23.2 Å². The molecule has 0 aliphatic heterocycles. The molecule has 0 saturated carbocycles. The van der Waals surface area contributed by atoms with Crippen molar-refractivity contribution in [2.45, 2.75) is 0 Å². The first kappa shape index (κ1) is 15.0. The van der Waals surface area contributed by atoms with E-state index in [4.69, 9.17) is 15.7 Å². The van der Waals surface area contributed by atoms with Gasteiger partial charge in [0.2, 0.25) is 5.88 Å². The Labute approximate surface area is 134 Å². The second-order valence-electron chi connectivity index (χ2n) is 3.93. The number of nitrogens with zero attached hydrogens (tertiary/aromatic N) is 3. The fourth-order valence-corrected chi connectivity index (χ4v) is 2.27. The van der Waals surface area contributed by atoms with E-state index >= 15 is 0 Å². The highest BCUT2D eigenvalue weighted by atomic mass is 127. The summed E-state index contributed by atoms with van der Waals surface area (Å²) in [7, 11) is 1.51. The topological polar surface area (TPSA) is 114 Å². The third kappa shape index (κ3) is 3.38. The molecule has 1 aromatic carbocycles. The van der Waals surface area contributed by atoms with Crippen molar-refractivity contribution in [3.8, 4) is 17.7 Å². The Hall–Kier alpha value is -2.41. The van der Waals surface area contributed by atoms with E-state index in [1.807, 2.05) is 28.7 Å². The van der Waals surface area contributed by atoms with Crippen molar-refractivity contribution < 1.29 is 9.53 Å². The lowest BCUT2D eigenvalue weighted by Crippen LogP contribution is -2.19. The number of rotatable bonds is 3. The molecule has 0 spiro atoms. The van der Waals surface area contributed by atoms with E-state index in [2.05, 4.69) is 15.5 Å². The van der Waals surface area contributed by atoms with Crippen molar-refractivity contribution in [1.29, 1.82) is 5.26 Å². The number of nitriles is 1. The van der Waals surface area contributed by atoms with Gasteiger partial charge in [-0.3, -0.25) is 4.79 Å². The predicted molar refractivity (Wildman–Crippen MR) is 83.8 cm³/mol. The van der Waals surface area contributed by atoms with Gasteiger partial charge in [-0.05, 0) is 40.8 Å². The summed E-state index contributed by atoms with van der Waals surface area (Å²) in [4.78, 5) is 11.4. The number of aromatic nitrogens is 2. The van der Waals surface area contributed by atoms with Crippen LogP contribution in [0.25, 0.3) is 0 Å². The van der Waals surface area contributed by atoms with Crippen molar-refractivity contribution in [3.05, 3.63) is 39.1 Å². The smallest absolute Gasteiger partial charge is 0.271 e. The molecule has 1 heterocycles. The summed E-state index contributed by atoms with van der Waals surface area (Å²) in [6.07, 6.45) is 0. The average Bonchev–Trinajstić information content (AvgIpc) is 2.50. The molecule has 0 atom stereocenters. The third-order valence-electron chi connectivity index (χ3n) is 2.51. The average molecular weight is 395 g/mol. The molecule has 0 aliphatic carbocycles. The van der Waals surface area contributed by atoms with E-state index < -0.39 is 0 Å². The van der Waals surface area contributed by atoms with Gasteiger partial charge in [-0.25, -0.2) is 0 Å². The Bertz CT molecular complexity index is 701. The largest absolute Gasteiger partial charge is 0.434 e. The molecule has 7 nitrogen and oxygen atoms in total. The zero-order valence-corrected chi connectivity index (χ0v) is 13.1. The number of carbonyl (C=O) groups is 1. The first-order chi connectivity index (χ1) is 10.0. The maximum absolute atomic E-state index is 11.4. The van der Waals surface area contributed by atoms with Crippen LogP contribution in [0.4, 0.5) is 5.69 Å². The summed E-state index contributed by atoms with van der Waals surface area (Å²) < 4.78 is 6.24. The minimum Gasteiger partial charge on any atom is -0.434 e. The summed E-state index contributed by atoms with van der Waals surface area (Å²) in [5.41, 5.74) is 6.82. The van der Waals surface area contributed by atoms with Crippen LogP contribution in [-0.2, 0) is 0 Å². The van der Waals surface area contributed by atoms with Crippen LogP contribution in [0, 0.1) is 14.9 Å². The Morgan fingerprint density at radius 3 is 2.71 bits per heavy atom. The number of hydrogen-bond donors (Lipinski definition) is 2. The van der Waals surface area contributed by atoms with Crippen molar-refractivity contribution in [1.82, 2.24) is 15.5 Å². The monoisotopic (exact) mass is 395 g/mol. The van der Waals surface area contributed by atoms with Gasteiger partial charge in [-0.15, -0.1) is 10.2 Å². The highest BCUT2D eigenvalue weighted by Gasteiger charge is 2.12. The first-order valence-electron chi connectivity index (χ1n) is 5.78. The maximum atomic E-state index is 11.4. The van der Waals surface area contributed by atoms with Gasteiger partial charge in [0.1, 0.15) is 0 Å². The summed E-state index contributed by atoms with van der Waals surface area (Å²) in [6, 6.07) is 8.20. The Morgan fingerprint density at radius 2 is 2.19 bits per heavy atom. The van der Waals surface area contributed by atoms with E-state index in [1.54, 1.807) is 6.07 Å². The van der Waals surface area contributed by atoms with Gasteiger partial charge in [0.15, 0.2) is 11.4 Å². The summed E-state index contributed by atoms with van der Waals surface area (Å²) in [5.74, 6) is 0.273. The van der Waals surface area contributed by atoms with Crippen molar-refractivity contribution in [2.24, 2.45) is 0 Å². The number of anilines is 1. The summed E-state index contributed by atoms with van der Waals surface area (Å²) >= 11 is 2.02. The Morgan fingerprint density at radius 1 is 1.43 bits per heavy atom. The number of nitrogen functional groups attached to an aromatic ring is 1. The molecule has 0 unspecified atom stereocenters. The number of nitrogens with one attached hydrogen (secondary N) is 1. The van der Waals surface area contributed by atoms with Gasteiger partial charge >= 0.3 is 0 Å². The minimum absolute atomic E-state index is 0.187. The number of carbonyl (C=O) groups excluding carboxylic acids is 1. The molecule has 1 amide bonds. The van der Waals surface area contributed by atoms with Gasteiger partial charge in [-0.1, -0.05) is 0 Å². The zero-order chi connectivity index (χ0) is 15.4. The lowest BCUT2D eigenvalue weighted by atomic mass is 10.2. The summed E-state index contributed by atoms with van der Waals surface area (Å²) in [5, 5.41) is 18.9. The normalized spacial score (nSPS) is 9.76.